The molecule has 0 aliphatic heterocycles. The van der Waals surface area contributed by atoms with Gasteiger partial charge in [-0.1, -0.05) is 76.8 Å². The van der Waals surface area contributed by atoms with Gasteiger partial charge in [-0.2, -0.15) is 11.8 Å². The zero-order valence-electron chi connectivity index (χ0n) is 19.7. The summed E-state index contributed by atoms with van der Waals surface area (Å²) in [7, 11) is 0. The van der Waals surface area contributed by atoms with E-state index in [1.165, 1.54) is 36.3 Å². The molecule has 0 radical (unpaired) electrons. The number of benzene rings is 1. The molecule has 1 aromatic rings. The molecule has 2 N–H and O–H groups in total. The van der Waals surface area contributed by atoms with Crippen LogP contribution in [0.25, 0.3) is 0 Å². The van der Waals surface area contributed by atoms with Gasteiger partial charge in [0, 0.05) is 0 Å². The van der Waals surface area contributed by atoms with E-state index in [0.717, 1.165) is 38.5 Å². The monoisotopic (exact) mass is 450 g/mol. The van der Waals surface area contributed by atoms with Gasteiger partial charge >= 0.3 is 11.9 Å². The highest BCUT2D eigenvalue weighted by Gasteiger charge is 2.27. The molecule has 0 bridgehead atoms. The number of unbranched alkanes of at least 4 members (excludes halogenated alkanes) is 4. The molecule has 0 amide bonds. The van der Waals surface area contributed by atoms with Crippen LogP contribution >= 0.6 is 11.8 Å². The van der Waals surface area contributed by atoms with E-state index in [4.69, 9.17) is 5.11 Å². The van der Waals surface area contributed by atoms with E-state index >= 15 is 0 Å². The molecule has 0 aromatic heterocycles. The number of carbonyl (C=O) groups is 2. The molecule has 0 saturated heterocycles. The maximum Gasteiger partial charge on any atom is 0.303 e. The molecular formula is C26H42O4S. The van der Waals surface area contributed by atoms with Crippen LogP contribution in [0.15, 0.2) is 30.3 Å². The van der Waals surface area contributed by atoms with E-state index in [1.807, 2.05) is 43.8 Å². The number of thioether (sulfide) groups is 1. The first-order valence-corrected chi connectivity index (χ1v) is 12.8. The molecule has 0 saturated carbocycles. The lowest BCUT2D eigenvalue weighted by atomic mass is 9.76. The van der Waals surface area contributed by atoms with E-state index in [2.05, 4.69) is 19.1 Å². The normalized spacial score (nSPS) is 13.6. The van der Waals surface area contributed by atoms with Crippen molar-refractivity contribution in [2.75, 3.05) is 11.5 Å². The summed E-state index contributed by atoms with van der Waals surface area (Å²) in [6.07, 6.45) is 10.1. The quantitative estimate of drug-likeness (QED) is 0.234. The zero-order valence-corrected chi connectivity index (χ0v) is 20.5. The number of hydrogen-bond acceptors (Lipinski definition) is 3. The minimum atomic E-state index is -0.708. The smallest absolute Gasteiger partial charge is 0.303 e. The molecule has 1 unspecified atom stereocenters. The third-order valence-corrected chi connectivity index (χ3v) is 7.05. The third-order valence-electron chi connectivity index (χ3n) is 5.89. The molecule has 5 heteroatoms. The molecule has 1 rings (SSSR count). The number of carboxylic acids is 2. The Morgan fingerprint density at radius 3 is 1.87 bits per heavy atom. The molecule has 1 atom stereocenters. The van der Waals surface area contributed by atoms with Gasteiger partial charge in [0.05, 0.1) is 12.8 Å². The van der Waals surface area contributed by atoms with Crippen LogP contribution in [-0.4, -0.2) is 33.7 Å². The third kappa shape index (κ3) is 14.2. The second-order valence-electron chi connectivity index (χ2n) is 10.0. The van der Waals surface area contributed by atoms with Crippen molar-refractivity contribution in [1.29, 1.82) is 0 Å². The molecule has 0 fully saturated rings. The highest BCUT2D eigenvalue weighted by Crippen LogP contribution is 2.33. The van der Waals surface area contributed by atoms with Crippen molar-refractivity contribution in [1.82, 2.24) is 0 Å². The molecule has 0 spiro atoms. The minimum absolute atomic E-state index is 0.103. The molecule has 0 aliphatic carbocycles. The van der Waals surface area contributed by atoms with Gasteiger partial charge in [0.15, 0.2) is 0 Å². The lowest BCUT2D eigenvalue weighted by Gasteiger charge is -2.28. The molecule has 176 valence electrons. The van der Waals surface area contributed by atoms with Crippen molar-refractivity contribution in [3.05, 3.63) is 35.9 Å². The number of carboxylic acid groups (broad SMARTS) is 2. The Hall–Kier alpha value is -1.49. The lowest BCUT2D eigenvalue weighted by molar-refractivity contribution is -0.140. The first kappa shape index (κ1) is 27.5. The van der Waals surface area contributed by atoms with Gasteiger partial charge in [0.1, 0.15) is 0 Å². The topological polar surface area (TPSA) is 74.6 Å². The number of aliphatic carboxylic acids is 2. The van der Waals surface area contributed by atoms with E-state index in [0.29, 0.717) is 0 Å². The number of hydrogen-bond donors (Lipinski definition) is 2. The van der Waals surface area contributed by atoms with E-state index < -0.39 is 11.9 Å². The van der Waals surface area contributed by atoms with Crippen LogP contribution in [-0.2, 0) is 16.0 Å². The predicted octanol–water partition coefficient (Wildman–Crippen LogP) is 7.07. The molecule has 31 heavy (non-hydrogen) atoms. The van der Waals surface area contributed by atoms with E-state index in [-0.39, 0.29) is 23.7 Å². The van der Waals surface area contributed by atoms with Crippen LogP contribution in [0, 0.1) is 10.8 Å². The van der Waals surface area contributed by atoms with Crippen molar-refractivity contribution >= 4 is 23.7 Å². The second-order valence-corrected chi connectivity index (χ2v) is 11.2. The Kier molecular flexibility index (Phi) is 12.9. The van der Waals surface area contributed by atoms with Crippen molar-refractivity contribution in [3.8, 4) is 0 Å². The first-order valence-electron chi connectivity index (χ1n) is 11.7. The zero-order chi connectivity index (χ0) is 23.2. The van der Waals surface area contributed by atoms with Crippen LogP contribution in [0.4, 0.5) is 0 Å². The lowest BCUT2D eigenvalue weighted by Crippen LogP contribution is -2.23. The maximum absolute atomic E-state index is 11.4. The van der Waals surface area contributed by atoms with E-state index in [9.17, 15) is 14.7 Å². The summed E-state index contributed by atoms with van der Waals surface area (Å²) in [5, 5.41) is 18.3. The van der Waals surface area contributed by atoms with Crippen LogP contribution in [0.2, 0.25) is 0 Å². The van der Waals surface area contributed by atoms with Gasteiger partial charge in [-0.3, -0.25) is 9.59 Å². The Morgan fingerprint density at radius 2 is 1.32 bits per heavy atom. The van der Waals surface area contributed by atoms with Crippen molar-refractivity contribution in [2.24, 2.45) is 10.8 Å². The van der Waals surface area contributed by atoms with Gasteiger partial charge in [0.25, 0.3) is 0 Å². The van der Waals surface area contributed by atoms with Crippen molar-refractivity contribution < 1.29 is 19.8 Å². The molecule has 0 aliphatic rings. The first-order chi connectivity index (χ1) is 14.6. The van der Waals surface area contributed by atoms with Crippen molar-refractivity contribution in [2.45, 2.75) is 91.4 Å². The Labute approximate surface area is 193 Å². The molecular weight excluding hydrogens is 408 g/mol. The summed E-state index contributed by atoms with van der Waals surface area (Å²) in [6.45, 7) is 6.19. The van der Waals surface area contributed by atoms with Gasteiger partial charge in [0.2, 0.25) is 0 Å². The summed E-state index contributed by atoms with van der Waals surface area (Å²) in [5.74, 6) is 0.923. The molecule has 4 nitrogen and oxygen atoms in total. The summed E-state index contributed by atoms with van der Waals surface area (Å²) in [4.78, 5) is 22.2. The highest BCUT2D eigenvalue weighted by atomic mass is 32.2. The molecule has 0 heterocycles. The predicted molar refractivity (Wildman–Crippen MR) is 131 cm³/mol. The van der Waals surface area contributed by atoms with Crippen LogP contribution in [0.1, 0.15) is 90.5 Å². The maximum atomic E-state index is 11.4. The summed E-state index contributed by atoms with van der Waals surface area (Å²) < 4.78 is 0. The SMILES string of the molecule is CC(C)(CCCCCSCCCCCC(C)(CC(=O)O)Cc1ccccc1)CC(=O)O. The Bertz CT molecular complexity index is 644. The standard InChI is InChI=1S/C26H42O4S/c1-25(2,20-23(27)28)15-9-5-11-17-31-18-12-6-10-16-26(3,21-24(29)30)19-22-13-7-4-8-14-22/h4,7-8,13-14H,5-6,9-12,15-21H2,1-3H3,(H,27,28)(H,29,30). The minimum Gasteiger partial charge on any atom is -0.481 e. The van der Waals surface area contributed by atoms with Gasteiger partial charge < -0.3 is 10.2 Å². The van der Waals surface area contributed by atoms with Crippen LogP contribution in [0.5, 0.6) is 0 Å². The van der Waals surface area contributed by atoms with Gasteiger partial charge in [-0.25, -0.2) is 0 Å². The second kappa shape index (κ2) is 14.5. The summed E-state index contributed by atoms with van der Waals surface area (Å²) in [5.41, 5.74) is 0.928. The fourth-order valence-electron chi connectivity index (χ4n) is 4.21. The Morgan fingerprint density at radius 1 is 0.774 bits per heavy atom. The van der Waals surface area contributed by atoms with E-state index in [1.54, 1.807) is 0 Å². The largest absolute Gasteiger partial charge is 0.481 e. The van der Waals surface area contributed by atoms with Gasteiger partial charge in [-0.05, 0) is 60.0 Å². The fourth-order valence-corrected chi connectivity index (χ4v) is 5.23. The Balaban J connectivity index is 2.13. The summed E-state index contributed by atoms with van der Waals surface area (Å²) >= 11 is 2.00. The van der Waals surface area contributed by atoms with Crippen molar-refractivity contribution in [3.63, 3.8) is 0 Å². The van der Waals surface area contributed by atoms with Crippen LogP contribution in [0.3, 0.4) is 0 Å². The average molecular weight is 451 g/mol. The highest BCUT2D eigenvalue weighted by molar-refractivity contribution is 7.99. The van der Waals surface area contributed by atoms with Crippen LogP contribution < -0.4 is 0 Å². The average Bonchev–Trinajstić information content (AvgIpc) is 2.65. The van der Waals surface area contributed by atoms with Gasteiger partial charge in [-0.15, -0.1) is 0 Å². The summed E-state index contributed by atoms with van der Waals surface area (Å²) in [6, 6.07) is 10.2. The number of rotatable bonds is 18. The molecule has 1 aromatic carbocycles. The fraction of sp³-hybridized carbons (Fsp3) is 0.692.